The van der Waals surface area contributed by atoms with Crippen molar-refractivity contribution in [2.75, 3.05) is 30.4 Å². The van der Waals surface area contributed by atoms with Crippen LogP contribution in [0, 0.1) is 0 Å². The number of aliphatic carboxylic acids is 1. The molecule has 0 saturated carbocycles. The van der Waals surface area contributed by atoms with Gasteiger partial charge in [0.1, 0.15) is 29.3 Å². The summed E-state index contributed by atoms with van der Waals surface area (Å²) in [6, 6.07) is -1.000. The van der Waals surface area contributed by atoms with Crippen molar-refractivity contribution in [2.24, 2.45) is 5.16 Å². The molecule has 0 aromatic carbocycles. The fourth-order valence-electron chi connectivity index (χ4n) is 3.97. The second-order valence-electron chi connectivity index (χ2n) is 10.2. The number of nitrogens with two attached hydrogens (primary N) is 1. The van der Waals surface area contributed by atoms with Crippen molar-refractivity contribution in [3.63, 3.8) is 0 Å². The maximum atomic E-state index is 13.1. The van der Waals surface area contributed by atoms with E-state index in [1.54, 1.807) is 32.4 Å². The zero-order valence-corrected chi connectivity index (χ0v) is 26.6. The standard InChI is InChI=1S/C23H31N11O7S3/c1-5-40-29-12(15-27-20(24)44-30-15)16(35)26-13-17(36)34-14(19(37)38)11(9-42-18(13)34)10-43-21-28-31-32-33(21)8-6-7-25-22(39)41-23(2,3)4/h13,18H,5-10H2,1-4H3,(H,25,39)(H,26,35)(H,37,38)(H2,24,27,30)/t13?,18-/m1/s1. The number of carboxylic acid groups (broad SMARTS) is 1. The van der Waals surface area contributed by atoms with Crippen molar-refractivity contribution in [3.8, 4) is 0 Å². The fraction of sp³-hybridized carbons (Fsp3) is 0.565. The molecule has 0 aliphatic carbocycles. The smallest absolute Gasteiger partial charge is 0.407 e. The number of tetrazole rings is 1. The van der Waals surface area contributed by atoms with E-state index in [2.05, 4.69) is 40.7 Å². The van der Waals surface area contributed by atoms with Crippen LogP contribution in [0.4, 0.5) is 9.93 Å². The first kappa shape index (κ1) is 32.9. The molecule has 0 bridgehead atoms. The molecule has 1 saturated heterocycles. The third kappa shape index (κ3) is 7.94. The van der Waals surface area contributed by atoms with Gasteiger partial charge >= 0.3 is 12.1 Å². The Morgan fingerprint density at radius 2 is 2.07 bits per heavy atom. The number of carbonyl (C=O) groups is 4. The number of nitrogens with one attached hydrogen (secondary N) is 2. The number of hydrogen-bond donors (Lipinski definition) is 4. The van der Waals surface area contributed by atoms with Gasteiger partial charge in [0.2, 0.25) is 16.7 Å². The number of hydrogen-bond acceptors (Lipinski definition) is 16. The van der Waals surface area contributed by atoms with E-state index >= 15 is 0 Å². The Kier molecular flexibility index (Phi) is 10.6. The summed E-state index contributed by atoms with van der Waals surface area (Å²) in [5.74, 6) is -2.16. The number of carboxylic acids is 1. The minimum absolute atomic E-state index is 0.0505. The minimum atomic E-state index is -1.27. The van der Waals surface area contributed by atoms with Crippen LogP contribution in [0.25, 0.3) is 0 Å². The van der Waals surface area contributed by atoms with E-state index in [0.29, 0.717) is 36.0 Å². The summed E-state index contributed by atoms with van der Waals surface area (Å²) in [7, 11) is 0. The van der Waals surface area contributed by atoms with Gasteiger partial charge in [0.05, 0.1) is 0 Å². The average molecular weight is 670 g/mol. The lowest BCUT2D eigenvalue weighted by atomic mass is 10.0. The number of rotatable bonds is 13. The molecule has 5 N–H and O–H groups in total. The van der Waals surface area contributed by atoms with E-state index in [4.69, 9.17) is 15.3 Å². The van der Waals surface area contributed by atoms with Crippen molar-refractivity contribution >= 4 is 69.8 Å². The summed E-state index contributed by atoms with van der Waals surface area (Å²) < 4.78 is 10.7. The molecule has 0 radical (unpaired) electrons. The fourth-order valence-corrected chi connectivity index (χ4v) is 6.80. The predicted molar refractivity (Wildman–Crippen MR) is 160 cm³/mol. The summed E-state index contributed by atoms with van der Waals surface area (Å²) in [5, 5.41) is 30.7. The quantitative estimate of drug-likeness (QED) is 0.0736. The van der Waals surface area contributed by atoms with Crippen LogP contribution < -0.4 is 16.4 Å². The topological polar surface area (TPSA) is 242 Å². The summed E-state index contributed by atoms with van der Waals surface area (Å²) in [5.41, 5.74) is 5.13. The lowest BCUT2D eigenvalue weighted by Gasteiger charge is -2.49. The number of nitrogens with zero attached hydrogens (tertiary/aromatic N) is 8. The molecule has 2 aliphatic heterocycles. The van der Waals surface area contributed by atoms with Crippen LogP contribution in [0.15, 0.2) is 21.6 Å². The van der Waals surface area contributed by atoms with Crippen molar-refractivity contribution in [1.29, 1.82) is 0 Å². The lowest BCUT2D eigenvalue weighted by Crippen LogP contribution is -2.71. The number of ether oxygens (including phenoxy) is 1. The summed E-state index contributed by atoms with van der Waals surface area (Å²) in [4.78, 5) is 60.4. The van der Waals surface area contributed by atoms with Crippen molar-refractivity contribution in [3.05, 3.63) is 17.1 Å². The largest absolute Gasteiger partial charge is 0.477 e. The number of carbonyl (C=O) groups excluding carboxylic acids is 3. The second kappa shape index (κ2) is 14.2. The zero-order valence-electron chi connectivity index (χ0n) is 24.2. The first-order valence-electron chi connectivity index (χ1n) is 13.3. The minimum Gasteiger partial charge on any atom is -0.477 e. The molecule has 2 aromatic rings. The first-order valence-corrected chi connectivity index (χ1v) is 16.1. The van der Waals surface area contributed by atoms with E-state index in [1.165, 1.54) is 28.4 Å². The molecule has 4 heterocycles. The van der Waals surface area contributed by atoms with Crippen molar-refractivity contribution in [2.45, 2.75) is 62.8 Å². The van der Waals surface area contributed by atoms with E-state index < -0.39 is 40.9 Å². The maximum absolute atomic E-state index is 13.1. The van der Waals surface area contributed by atoms with Gasteiger partial charge in [0, 0.05) is 36.1 Å². The number of nitrogen functional groups attached to an aromatic ring is 1. The SMILES string of the molecule is CCON=C(C(=O)NC1C(=O)N2C(C(=O)O)=C(CSc3nnnn3CCCNC(=O)OC(C)(C)C)CS[C@H]12)c1nsc(N)n1. The number of fused-ring (bicyclic) bond motifs is 1. The molecular weight excluding hydrogens is 639 g/mol. The normalized spacial score (nSPS) is 18.4. The van der Waals surface area contributed by atoms with Gasteiger partial charge in [-0.1, -0.05) is 16.9 Å². The highest BCUT2D eigenvalue weighted by molar-refractivity contribution is 8.01. The molecule has 0 spiro atoms. The molecule has 2 atom stereocenters. The molecule has 44 heavy (non-hydrogen) atoms. The van der Waals surface area contributed by atoms with Crippen LogP contribution in [0.5, 0.6) is 0 Å². The molecule has 1 fully saturated rings. The second-order valence-corrected chi connectivity index (χ2v) is 13.0. The number of anilines is 1. The average Bonchev–Trinajstić information content (AvgIpc) is 3.59. The van der Waals surface area contributed by atoms with Crippen LogP contribution in [0.2, 0.25) is 0 Å². The molecule has 21 heteroatoms. The number of alkyl carbamates (subject to hydrolysis) is 1. The van der Waals surface area contributed by atoms with Gasteiger partial charge in [0.15, 0.2) is 5.13 Å². The lowest BCUT2D eigenvalue weighted by molar-refractivity contribution is -0.150. The van der Waals surface area contributed by atoms with Crippen molar-refractivity contribution in [1.82, 2.24) is 45.1 Å². The van der Waals surface area contributed by atoms with Gasteiger partial charge in [-0.3, -0.25) is 14.5 Å². The third-order valence-electron chi connectivity index (χ3n) is 5.78. The Labute approximate surface area is 263 Å². The Morgan fingerprint density at radius 3 is 2.73 bits per heavy atom. The predicted octanol–water partition coefficient (Wildman–Crippen LogP) is 0.293. The Hall–Kier alpha value is -3.98. The number of β-lactam (4-membered cyclic amide) rings is 1. The molecule has 2 aromatic heterocycles. The highest BCUT2D eigenvalue weighted by atomic mass is 32.2. The molecule has 2 aliphatic rings. The van der Waals surface area contributed by atoms with Crippen LogP contribution in [0.1, 0.15) is 39.9 Å². The van der Waals surface area contributed by atoms with Gasteiger partial charge in [0.25, 0.3) is 11.8 Å². The van der Waals surface area contributed by atoms with E-state index in [9.17, 15) is 24.3 Å². The van der Waals surface area contributed by atoms with E-state index in [0.717, 1.165) is 11.5 Å². The van der Waals surface area contributed by atoms with Crippen LogP contribution in [-0.4, -0.2) is 111 Å². The molecular formula is C23H31N11O7S3. The first-order chi connectivity index (χ1) is 20.9. The number of amides is 3. The Bertz CT molecular complexity index is 1470. The molecule has 4 rings (SSSR count). The number of aryl methyl sites for hydroxylation is 1. The number of oxime groups is 1. The molecule has 18 nitrogen and oxygen atoms in total. The monoisotopic (exact) mass is 669 g/mol. The third-order valence-corrected chi connectivity index (χ3v) is 8.71. The maximum Gasteiger partial charge on any atom is 0.407 e. The summed E-state index contributed by atoms with van der Waals surface area (Å²) in [6.07, 6.45) is 0.00431. The van der Waals surface area contributed by atoms with Crippen LogP contribution in [0.3, 0.4) is 0 Å². The van der Waals surface area contributed by atoms with E-state index in [1.807, 2.05) is 0 Å². The number of thioether (sulfide) groups is 2. The van der Waals surface area contributed by atoms with Crippen LogP contribution >= 0.6 is 35.1 Å². The summed E-state index contributed by atoms with van der Waals surface area (Å²) >= 11 is 3.41. The molecule has 3 amide bonds. The van der Waals surface area contributed by atoms with Gasteiger partial charge in [-0.15, -0.1) is 16.9 Å². The van der Waals surface area contributed by atoms with E-state index in [-0.39, 0.29) is 34.7 Å². The van der Waals surface area contributed by atoms with Gasteiger partial charge in [-0.2, -0.15) is 9.36 Å². The highest BCUT2D eigenvalue weighted by Gasteiger charge is 2.54. The Balaban J connectivity index is 1.36. The van der Waals surface area contributed by atoms with Crippen molar-refractivity contribution < 1.29 is 33.9 Å². The van der Waals surface area contributed by atoms with Crippen LogP contribution in [-0.2, 0) is 30.5 Å². The van der Waals surface area contributed by atoms with Gasteiger partial charge < -0.3 is 31.0 Å². The highest BCUT2D eigenvalue weighted by Crippen LogP contribution is 2.41. The molecule has 238 valence electrons. The Morgan fingerprint density at radius 1 is 1.30 bits per heavy atom. The van der Waals surface area contributed by atoms with Gasteiger partial charge in [-0.05, 0) is 50.1 Å². The van der Waals surface area contributed by atoms with Gasteiger partial charge in [-0.25, -0.2) is 14.3 Å². The molecule has 1 unspecified atom stereocenters. The summed E-state index contributed by atoms with van der Waals surface area (Å²) in [6.45, 7) is 7.92. The number of aromatic nitrogens is 6. The zero-order chi connectivity index (χ0) is 32.0.